The Balaban J connectivity index is 3.46. The van der Waals surface area contributed by atoms with E-state index in [-0.39, 0.29) is 12.2 Å². The summed E-state index contributed by atoms with van der Waals surface area (Å²) in [6.07, 6.45) is 16.8. The zero-order valence-electron chi connectivity index (χ0n) is 17.8. The van der Waals surface area contributed by atoms with Crippen LogP contribution >= 0.6 is 0 Å². The average Bonchev–Trinajstić information content (AvgIpc) is 2.69. The van der Waals surface area contributed by atoms with Crippen LogP contribution in [-0.4, -0.2) is 45.7 Å². The van der Waals surface area contributed by atoms with Crippen molar-refractivity contribution >= 4 is 11.6 Å². The first-order valence-corrected chi connectivity index (χ1v) is 11.2. The van der Waals surface area contributed by atoms with Crippen LogP contribution in [0.15, 0.2) is 12.2 Å². The molecule has 0 aromatic heterocycles. The fraction of sp³-hybridized carbons (Fsp3) is 0.826. The Bertz CT molecular complexity index is 419. The number of hydrogen-bond acceptors (Lipinski definition) is 5. The molecule has 0 aliphatic rings. The molecule has 5 nitrogen and oxygen atoms in total. The predicted molar refractivity (Wildman–Crippen MR) is 113 cm³/mol. The molecule has 0 fully saturated rings. The normalized spacial score (nSPS) is 13.7. The monoisotopic (exact) mass is 398 g/mol. The predicted octanol–water partition coefficient (Wildman–Crippen LogP) is 4.27. The second kappa shape index (κ2) is 19.3. The molecule has 3 N–H and O–H groups in total. The summed E-state index contributed by atoms with van der Waals surface area (Å²) in [6.45, 7) is 1.54. The van der Waals surface area contributed by atoms with Gasteiger partial charge in [0.05, 0.1) is 13.0 Å². The minimum absolute atomic E-state index is 0.216. The van der Waals surface area contributed by atoms with Crippen LogP contribution in [0.3, 0.4) is 0 Å². The topological polar surface area (TPSA) is 94.8 Å². The van der Waals surface area contributed by atoms with Gasteiger partial charge in [-0.05, 0) is 32.1 Å². The van der Waals surface area contributed by atoms with Gasteiger partial charge in [-0.25, -0.2) is 0 Å². The number of aliphatic hydroxyl groups is 3. The Morgan fingerprint density at radius 1 is 0.786 bits per heavy atom. The van der Waals surface area contributed by atoms with E-state index >= 15 is 0 Å². The number of ketones is 2. The summed E-state index contributed by atoms with van der Waals surface area (Å²) in [6, 6.07) is 0. The van der Waals surface area contributed by atoms with Gasteiger partial charge in [-0.1, -0.05) is 70.4 Å². The van der Waals surface area contributed by atoms with Crippen molar-refractivity contribution in [1.82, 2.24) is 0 Å². The molecule has 0 saturated carbocycles. The SMILES string of the molecule is CCCCCCCC/C=C\CCCCCCCC(=O)CC(=O)C(O)C(O)CO. The summed E-state index contributed by atoms with van der Waals surface area (Å²) >= 11 is 0. The van der Waals surface area contributed by atoms with E-state index in [1.165, 1.54) is 51.4 Å². The fourth-order valence-corrected chi connectivity index (χ4v) is 3.09. The van der Waals surface area contributed by atoms with Crippen LogP contribution in [0.25, 0.3) is 0 Å². The van der Waals surface area contributed by atoms with Crippen molar-refractivity contribution in [2.45, 2.75) is 115 Å². The molecular formula is C23H42O5. The maximum absolute atomic E-state index is 11.7. The standard InChI is InChI=1S/C23H42O5/c1-2-3-4-5-6-7-8-9-10-11-12-13-14-15-16-17-20(25)18-21(26)23(28)22(27)19-24/h9-10,22-24,27-28H,2-8,11-19H2,1H3/b10-9-. The van der Waals surface area contributed by atoms with E-state index in [4.69, 9.17) is 5.11 Å². The molecule has 0 rings (SSSR count). The Morgan fingerprint density at radius 3 is 1.82 bits per heavy atom. The lowest BCUT2D eigenvalue weighted by Gasteiger charge is -2.13. The van der Waals surface area contributed by atoms with E-state index < -0.39 is 24.6 Å². The van der Waals surface area contributed by atoms with Crippen molar-refractivity contribution in [3.63, 3.8) is 0 Å². The molecule has 0 amide bonds. The highest BCUT2D eigenvalue weighted by molar-refractivity contribution is 6.01. The maximum atomic E-state index is 11.7. The maximum Gasteiger partial charge on any atom is 0.171 e. The third kappa shape index (κ3) is 16.0. The third-order valence-corrected chi connectivity index (χ3v) is 4.97. The molecule has 0 heterocycles. The van der Waals surface area contributed by atoms with Gasteiger partial charge in [0.15, 0.2) is 5.78 Å². The lowest BCUT2D eigenvalue weighted by Crippen LogP contribution is -2.37. The van der Waals surface area contributed by atoms with E-state index in [2.05, 4.69) is 19.1 Å². The first-order valence-electron chi connectivity index (χ1n) is 11.2. The molecule has 2 atom stereocenters. The number of carbonyl (C=O) groups excluding carboxylic acids is 2. The van der Waals surface area contributed by atoms with Gasteiger partial charge < -0.3 is 15.3 Å². The molecule has 0 radical (unpaired) electrons. The Kier molecular flexibility index (Phi) is 18.6. The molecule has 5 heteroatoms. The van der Waals surface area contributed by atoms with Crippen LogP contribution in [0.2, 0.25) is 0 Å². The summed E-state index contributed by atoms with van der Waals surface area (Å²) in [4.78, 5) is 23.3. The van der Waals surface area contributed by atoms with Crippen LogP contribution in [0, 0.1) is 0 Å². The van der Waals surface area contributed by atoms with Gasteiger partial charge in [-0.2, -0.15) is 0 Å². The molecule has 0 aliphatic carbocycles. The Hall–Kier alpha value is -1.04. The number of Topliss-reactive ketones (excluding diaryl/α,β-unsaturated/α-hetero) is 2. The molecular weight excluding hydrogens is 356 g/mol. The number of hydrogen-bond donors (Lipinski definition) is 3. The zero-order valence-corrected chi connectivity index (χ0v) is 17.8. The second-order valence-electron chi connectivity index (χ2n) is 7.71. The number of allylic oxidation sites excluding steroid dienone is 2. The molecule has 0 aromatic rings. The summed E-state index contributed by atoms with van der Waals surface area (Å²) in [5.41, 5.74) is 0. The van der Waals surface area contributed by atoms with Crippen molar-refractivity contribution in [2.24, 2.45) is 0 Å². The average molecular weight is 399 g/mol. The number of aliphatic hydroxyl groups excluding tert-OH is 3. The van der Waals surface area contributed by atoms with Gasteiger partial charge >= 0.3 is 0 Å². The van der Waals surface area contributed by atoms with Crippen LogP contribution in [0.1, 0.15) is 103 Å². The first kappa shape index (κ1) is 27.0. The quantitative estimate of drug-likeness (QED) is 0.162. The molecule has 0 aliphatic heterocycles. The van der Waals surface area contributed by atoms with Crippen LogP contribution < -0.4 is 0 Å². The second-order valence-corrected chi connectivity index (χ2v) is 7.71. The Morgan fingerprint density at radius 2 is 1.29 bits per heavy atom. The highest BCUT2D eigenvalue weighted by Gasteiger charge is 2.24. The lowest BCUT2D eigenvalue weighted by atomic mass is 10.0. The summed E-state index contributed by atoms with van der Waals surface area (Å²) < 4.78 is 0. The first-order chi connectivity index (χ1) is 13.5. The fourth-order valence-electron chi connectivity index (χ4n) is 3.09. The Labute approximate surface area is 171 Å². The van der Waals surface area contributed by atoms with Crippen molar-refractivity contribution < 1.29 is 24.9 Å². The van der Waals surface area contributed by atoms with Gasteiger partial charge in [0.25, 0.3) is 0 Å². The van der Waals surface area contributed by atoms with Gasteiger partial charge in [-0.15, -0.1) is 0 Å². The summed E-state index contributed by atoms with van der Waals surface area (Å²) in [5, 5.41) is 27.3. The molecule has 0 saturated heterocycles. The van der Waals surface area contributed by atoms with Crippen LogP contribution in [-0.2, 0) is 9.59 Å². The molecule has 2 unspecified atom stereocenters. The smallest absolute Gasteiger partial charge is 0.171 e. The molecule has 0 aromatic carbocycles. The minimum Gasteiger partial charge on any atom is -0.394 e. The highest BCUT2D eigenvalue weighted by Crippen LogP contribution is 2.11. The third-order valence-electron chi connectivity index (χ3n) is 4.97. The molecule has 0 bridgehead atoms. The van der Waals surface area contributed by atoms with E-state index in [0.29, 0.717) is 6.42 Å². The van der Waals surface area contributed by atoms with E-state index in [1.807, 2.05) is 0 Å². The molecule has 164 valence electrons. The zero-order chi connectivity index (χ0) is 21.0. The number of unbranched alkanes of at least 4 members (excludes halogenated alkanes) is 11. The van der Waals surface area contributed by atoms with Crippen LogP contribution in [0.4, 0.5) is 0 Å². The summed E-state index contributed by atoms with van der Waals surface area (Å²) in [7, 11) is 0. The van der Waals surface area contributed by atoms with E-state index in [9.17, 15) is 19.8 Å². The minimum atomic E-state index is -1.68. The largest absolute Gasteiger partial charge is 0.394 e. The van der Waals surface area contributed by atoms with Gasteiger partial charge in [0.1, 0.15) is 18.0 Å². The van der Waals surface area contributed by atoms with Gasteiger partial charge in [-0.3, -0.25) is 9.59 Å². The lowest BCUT2D eigenvalue weighted by molar-refractivity contribution is -0.138. The molecule has 28 heavy (non-hydrogen) atoms. The van der Waals surface area contributed by atoms with E-state index in [1.54, 1.807) is 0 Å². The van der Waals surface area contributed by atoms with E-state index in [0.717, 1.165) is 32.1 Å². The van der Waals surface area contributed by atoms with Crippen molar-refractivity contribution in [3.8, 4) is 0 Å². The highest BCUT2D eigenvalue weighted by atomic mass is 16.4. The van der Waals surface area contributed by atoms with Crippen molar-refractivity contribution in [3.05, 3.63) is 12.2 Å². The van der Waals surface area contributed by atoms with Crippen molar-refractivity contribution in [1.29, 1.82) is 0 Å². The van der Waals surface area contributed by atoms with Crippen molar-refractivity contribution in [2.75, 3.05) is 6.61 Å². The summed E-state index contributed by atoms with van der Waals surface area (Å²) in [5.74, 6) is -0.939. The van der Waals surface area contributed by atoms with Gasteiger partial charge in [0, 0.05) is 6.42 Å². The van der Waals surface area contributed by atoms with Gasteiger partial charge in [0.2, 0.25) is 0 Å². The molecule has 0 spiro atoms. The number of carbonyl (C=O) groups is 2. The number of rotatable bonds is 20. The van der Waals surface area contributed by atoms with Crippen LogP contribution in [0.5, 0.6) is 0 Å².